The van der Waals surface area contributed by atoms with Crippen LogP contribution in [0.3, 0.4) is 0 Å². The van der Waals surface area contributed by atoms with Crippen molar-refractivity contribution in [2.45, 2.75) is 31.7 Å². The molecule has 0 radical (unpaired) electrons. The van der Waals surface area contributed by atoms with Gasteiger partial charge in [0.05, 0.1) is 26.0 Å². The number of hydrogen-bond donors (Lipinski definition) is 1. The zero-order valence-corrected chi connectivity index (χ0v) is 16.5. The van der Waals surface area contributed by atoms with Crippen molar-refractivity contribution in [3.8, 4) is 11.5 Å². The zero-order chi connectivity index (χ0) is 20.8. The fourth-order valence-corrected chi connectivity index (χ4v) is 3.33. The summed E-state index contributed by atoms with van der Waals surface area (Å²) >= 11 is 0. The Morgan fingerprint density at radius 1 is 1.07 bits per heavy atom. The highest BCUT2D eigenvalue weighted by Crippen LogP contribution is 2.35. The number of carbonyl (C=O) groups excluding carboxylic acids is 1. The van der Waals surface area contributed by atoms with E-state index in [4.69, 9.17) is 14.6 Å². The van der Waals surface area contributed by atoms with Crippen LogP contribution in [0.2, 0.25) is 0 Å². The first-order chi connectivity index (χ1) is 14.0. The molecule has 1 aliphatic heterocycles. The molecule has 3 rings (SSSR count). The first kappa shape index (κ1) is 20.4. The lowest BCUT2D eigenvalue weighted by molar-refractivity contribution is -0.137. The molecule has 1 aliphatic rings. The minimum Gasteiger partial charge on any atom is -0.497 e. The molecule has 7 heteroatoms. The van der Waals surface area contributed by atoms with Crippen LogP contribution in [0, 0.1) is 0 Å². The first-order valence-electron chi connectivity index (χ1n) is 9.41. The molecule has 7 nitrogen and oxygen atoms in total. The van der Waals surface area contributed by atoms with Crippen LogP contribution in [-0.2, 0) is 9.59 Å². The Hall–Kier alpha value is -3.35. The summed E-state index contributed by atoms with van der Waals surface area (Å²) < 4.78 is 10.7. The second-order valence-electron chi connectivity index (χ2n) is 6.76. The molecule has 0 spiro atoms. The molecule has 0 unspecified atom stereocenters. The van der Waals surface area contributed by atoms with Crippen LogP contribution >= 0.6 is 0 Å². The lowest BCUT2D eigenvalue weighted by Gasteiger charge is -2.22. The third-order valence-corrected chi connectivity index (χ3v) is 4.82. The van der Waals surface area contributed by atoms with E-state index in [0.717, 1.165) is 16.8 Å². The van der Waals surface area contributed by atoms with E-state index in [-0.39, 0.29) is 31.2 Å². The molecule has 0 bridgehead atoms. The lowest BCUT2D eigenvalue weighted by atomic mass is 9.98. The summed E-state index contributed by atoms with van der Waals surface area (Å²) in [5.41, 5.74) is 2.55. The minimum absolute atomic E-state index is 0.0424. The van der Waals surface area contributed by atoms with E-state index in [9.17, 15) is 9.59 Å². The number of rotatable bonds is 8. The van der Waals surface area contributed by atoms with Gasteiger partial charge in [0.1, 0.15) is 11.5 Å². The van der Waals surface area contributed by atoms with Gasteiger partial charge in [0, 0.05) is 30.9 Å². The number of ether oxygens (including phenoxy) is 2. The van der Waals surface area contributed by atoms with Gasteiger partial charge in [-0.3, -0.25) is 9.59 Å². The summed E-state index contributed by atoms with van der Waals surface area (Å²) in [7, 11) is 3.17. The summed E-state index contributed by atoms with van der Waals surface area (Å²) in [5, 5.41) is 14.9. The number of carboxylic acids is 1. The van der Waals surface area contributed by atoms with Crippen molar-refractivity contribution in [3.63, 3.8) is 0 Å². The fourth-order valence-electron chi connectivity index (χ4n) is 3.33. The van der Waals surface area contributed by atoms with Gasteiger partial charge in [-0.25, -0.2) is 5.01 Å². The average molecular weight is 396 g/mol. The van der Waals surface area contributed by atoms with E-state index >= 15 is 0 Å². The predicted octanol–water partition coefficient (Wildman–Crippen LogP) is 3.64. The molecular weight excluding hydrogens is 372 g/mol. The SMILES string of the molecule is COc1cc(OC)cc(C2=NN(C(=O)CCCC(=O)O)[C@H](c3ccccc3)C2)c1. The monoisotopic (exact) mass is 396 g/mol. The number of aliphatic carboxylic acids is 1. The van der Waals surface area contributed by atoms with Crippen molar-refractivity contribution >= 4 is 17.6 Å². The summed E-state index contributed by atoms with van der Waals surface area (Å²) in [4.78, 5) is 23.6. The zero-order valence-electron chi connectivity index (χ0n) is 16.5. The first-order valence-corrected chi connectivity index (χ1v) is 9.41. The molecule has 0 aromatic heterocycles. The van der Waals surface area contributed by atoms with E-state index in [2.05, 4.69) is 5.10 Å². The van der Waals surface area contributed by atoms with E-state index in [0.29, 0.717) is 17.9 Å². The smallest absolute Gasteiger partial charge is 0.303 e. The molecule has 0 aliphatic carbocycles. The van der Waals surface area contributed by atoms with Gasteiger partial charge in [0.25, 0.3) is 0 Å². The van der Waals surface area contributed by atoms with Gasteiger partial charge in [-0.15, -0.1) is 0 Å². The Balaban J connectivity index is 1.90. The quantitative estimate of drug-likeness (QED) is 0.736. The third-order valence-electron chi connectivity index (χ3n) is 4.82. The molecule has 29 heavy (non-hydrogen) atoms. The number of nitrogens with zero attached hydrogens (tertiary/aromatic N) is 2. The molecular formula is C22H24N2O5. The van der Waals surface area contributed by atoms with Gasteiger partial charge in [-0.05, 0) is 24.1 Å². The lowest BCUT2D eigenvalue weighted by Crippen LogP contribution is -2.26. The molecule has 1 N–H and O–H groups in total. The van der Waals surface area contributed by atoms with Crippen molar-refractivity contribution in [1.82, 2.24) is 5.01 Å². The van der Waals surface area contributed by atoms with Crippen LogP contribution < -0.4 is 9.47 Å². The van der Waals surface area contributed by atoms with E-state index in [1.807, 2.05) is 42.5 Å². The van der Waals surface area contributed by atoms with Gasteiger partial charge in [-0.1, -0.05) is 30.3 Å². The average Bonchev–Trinajstić information content (AvgIpc) is 3.19. The number of hydrogen-bond acceptors (Lipinski definition) is 5. The van der Waals surface area contributed by atoms with Crippen LogP contribution in [0.5, 0.6) is 11.5 Å². The number of methoxy groups -OCH3 is 2. The van der Waals surface area contributed by atoms with Crippen molar-refractivity contribution in [2.75, 3.05) is 14.2 Å². The normalized spacial score (nSPS) is 15.7. The maximum absolute atomic E-state index is 12.8. The Morgan fingerprint density at radius 2 is 1.72 bits per heavy atom. The third kappa shape index (κ3) is 4.93. The number of amides is 1. The molecule has 152 valence electrons. The fraction of sp³-hybridized carbons (Fsp3) is 0.318. The molecule has 0 fully saturated rings. The Morgan fingerprint density at radius 3 is 2.31 bits per heavy atom. The van der Waals surface area contributed by atoms with Gasteiger partial charge < -0.3 is 14.6 Å². The van der Waals surface area contributed by atoms with Gasteiger partial charge >= 0.3 is 5.97 Å². The number of hydrazone groups is 1. The van der Waals surface area contributed by atoms with Crippen molar-refractivity contribution in [2.24, 2.45) is 5.10 Å². The molecule has 0 saturated heterocycles. The van der Waals surface area contributed by atoms with E-state index in [1.165, 1.54) is 5.01 Å². The highest BCUT2D eigenvalue weighted by molar-refractivity contribution is 6.03. The number of benzene rings is 2. The second-order valence-corrected chi connectivity index (χ2v) is 6.76. The largest absolute Gasteiger partial charge is 0.497 e. The van der Waals surface area contributed by atoms with Crippen LogP contribution in [-0.4, -0.2) is 41.9 Å². The van der Waals surface area contributed by atoms with Crippen molar-refractivity contribution in [1.29, 1.82) is 0 Å². The molecule has 1 amide bonds. The summed E-state index contributed by atoms with van der Waals surface area (Å²) in [5.74, 6) is 0.186. The topological polar surface area (TPSA) is 88.4 Å². The predicted molar refractivity (Wildman–Crippen MR) is 108 cm³/mol. The molecule has 2 aromatic rings. The maximum atomic E-state index is 12.8. The van der Waals surface area contributed by atoms with Crippen LogP contribution in [0.4, 0.5) is 0 Å². The second kappa shape index (κ2) is 9.23. The van der Waals surface area contributed by atoms with Crippen LogP contribution in [0.15, 0.2) is 53.6 Å². The van der Waals surface area contributed by atoms with Crippen molar-refractivity contribution < 1.29 is 24.2 Å². The Bertz CT molecular complexity index is 888. The molecule has 2 aromatic carbocycles. The van der Waals surface area contributed by atoms with E-state index in [1.54, 1.807) is 20.3 Å². The summed E-state index contributed by atoms with van der Waals surface area (Å²) in [6.07, 6.45) is 0.919. The standard InChI is InChI=1S/C22H24N2O5/c1-28-17-11-16(12-18(13-17)29-2)19-14-20(15-7-4-3-5-8-15)24(23-19)21(25)9-6-10-22(26)27/h3-5,7-8,11-13,20H,6,9-10,14H2,1-2H3,(H,26,27)/t20-/m0/s1. The van der Waals surface area contributed by atoms with Gasteiger partial charge in [0.2, 0.25) is 5.91 Å². The Labute approximate surface area is 169 Å². The molecule has 0 saturated carbocycles. The summed E-state index contributed by atoms with van der Waals surface area (Å²) in [6, 6.07) is 15.0. The number of carbonyl (C=O) groups is 2. The molecule has 1 atom stereocenters. The van der Waals surface area contributed by atoms with E-state index < -0.39 is 5.97 Å². The minimum atomic E-state index is -0.911. The van der Waals surface area contributed by atoms with Crippen molar-refractivity contribution in [3.05, 3.63) is 59.7 Å². The van der Waals surface area contributed by atoms with Gasteiger partial charge in [0.15, 0.2) is 0 Å². The van der Waals surface area contributed by atoms with Gasteiger partial charge in [-0.2, -0.15) is 5.10 Å². The Kier molecular flexibility index (Phi) is 6.49. The number of carboxylic acid groups (broad SMARTS) is 1. The molecule has 1 heterocycles. The van der Waals surface area contributed by atoms with Crippen LogP contribution in [0.25, 0.3) is 0 Å². The maximum Gasteiger partial charge on any atom is 0.303 e. The van der Waals surface area contributed by atoms with Crippen LogP contribution in [0.1, 0.15) is 42.9 Å². The summed E-state index contributed by atoms with van der Waals surface area (Å²) in [6.45, 7) is 0. The highest BCUT2D eigenvalue weighted by Gasteiger charge is 2.33. The highest BCUT2D eigenvalue weighted by atomic mass is 16.5.